The summed E-state index contributed by atoms with van der Waals surface area (Å²) < 4.78 is 5.56. The van der Waals surface area contributed by atoms with E-state index in [1.165, 1.54) is 0 Å². The highest BCUT2D eigenvalue weighted by atomic mass is 35.5. The van der Waals surface area contributed by atoms with Gasteiger partial charge in [-0.2, -0.15) is 0 Å². The maximum Gasteiger partial charge on any atom is 0.262 e. The number of aryl methyl sites for hydroxylation is 2. The number of rotatable bonds is 6. The fourth-order valence-electron chi connectivity index (χ4n) is 2.80. The fourth-order valence-corrected chi connectivity index (χ4v) is 2.91. The van der Waals surface area contributed by atoms with Crippen molar-refractivity contribution in [3.05, 3.63) is 88.4 Å². The first-order valence-corrected chi connectivity index (χ1v) is 9.46. The van der Waals surface area contributed by atoms with Crippen molar-refractivity contribution in [2.45, 2.75) is 13.8 Å². The third-order valence-corrected chi connectivity index (χ3v) is 4.82. The van der Waals surface area contributed by atoms with Gasteiger partial charge in [0.05, 0.1) is 0 Å². The summed E-state index contributed by atoms with van der Waals surface area (Å²) in [7, 11) is 0. The minimum atomic E-state index is -0.323. The van der Waals surface area contributed by atoms with E-state index < -0.39 is 0 Å². The van der Waals surface area contributed by atoms with Crippen LogP contribution in [0.1, 0.15) is 21.5 Å². The molecule has 5 nitrogen and oxygen atoms in total. The molecule has 0 unspecified atom stereocenters. The molecular weight excluding hydrogens is 388 g/mol. The molecule has 3 rings (SSSR count). The molecule has 0 bridgehead atoms. The molecule has 2 N–H and O–H groups in total. The summed E-state index contributed by atoms with van der Waals surface area (Å²) in [5.74, 6) is 0.00192. The van der Waals surface area contributed by atoms with Crippen molar-refractivity contribution < 1.29 is 14.3 Å². The van der Waals surface area contributed by atoms with Crippen LogP contribution in [0, 0.1) is 13.8 Å². The van der Waals surface area contributed by atoms with Gasteiger partial charge in [-0.1, -0.05) is 35.9 Å². The first kappa shape index (κ1) is 20.4. The maximum atomic E-state index is 12.4. The quantitative estimate of drug-likeness (QED) is 0.587. The van der Waals surface area contributed by atoms with Gasteiger partial charge in [0, 0.05) is 22.0 Å². The number of hydrogen-bond acceptors (Lipinski definition) is 3. The number of anilines is 2. The van der Waals surface area contributed by atoms with E-state index in [1.807, 2.05) is 32.0 Å². The largest absolute Gasteiger partial charge is 0.484 e. The Labute approximate surface area is 174 Å². The van der Waals surface area contributed by atoms with Gasteiger partial charge in [0.1, 0.15) is 5.75 Å². The molecule has 29 heavy (non-hydrogen) atoms. The van der Waals surface area contributed by atoms with E-state index in [2.05, 4.69) is 10.6 Å². The van der Waals surface area contributed by atoms with Crippen LogP contribution in [-0.4, -0.2) is 18.4 Å². The molecule has 0 saturated heterocycles. The monoisotopic (exact) mass is 408 g/mol. The molecule has 0 saturated carbocycles. The molecule has 3 aromatic carbocycles. The lowest BCUT2D eigenvalue weighted by atomic mass is 10.1. The van der Waals surface area contributed by atoms with Crippen LogP contribution >= 0.6 is 11.6 Å². The van der Waals surface area contributed by atoms with Crippen molar-refractivity contribution in [1.82, 2.24) is 0 Å². The summed E-state index contributed by atoms with van der Waals surface area (Å²) >= 11 is 6.14. The number of halogens is 1. The average Bonchev–Trinajstić information content (AvgIpc) is 2.71. The maximum absolute atomic E-state index is 12.4. The van der Waals surface area contributed by atoms with Gasteiger partial charge >= 0.3 is 0 Å². The Morgan fingerprint density at radius 3 is 2.21 bits per heavy atom. The summed E-state index contributed by atoms with van der Waals surface area (Å²) in [4.78, 5) is 24.6. The number of nitrogens with one attached hydrogen (secondary N) is 2. The van der Waals surface area contributed by atoms with Gasteiger partial charge in [-0.25, -0.2) is 0 Å². The topological polar surface area (TPSA) is 67.4 Å². The first-order chi connectivity index (χ1) is 13.9. The van der Waals surface area contributed by atoms with E-state index in [1.54, 1.807) is 48.5 Å². The van der Waals surface area contributed by atoms with E-state index in [0.717, 1.165) is 11.1 Å². The smallest absolute Gasteiger partial charge is 0.262 e. The molecule has 0 heterocycles. The summed E-state index contributed by atoms with van der Waals surface area (Å²) in [5.41, 5.74) is 3.44. The van der Waals surface area contributed by atoms with Crippen LogP contribution in [0.25, 0.3) is 0 Å². The molecule has 0 aromatic heterocycles. The van der Waals surface area contributed by atoms with E-state index in [9.17, 15) is 9.59 Å². The number of ether oxygens (including phenoxy) is 1. The Balaban J connectivity index is 1.59. The Morgan fingerprint density at radius 1 is 0.862 bits per heavy atom. The van der Waals surface area contributed by atoms with Crippen LogP contribution in [0.15, 0.2) is 66.7 Å². The molecule has 2 amide bonds. The van der Waals surface area contributed by atoms with Crippen molar-refractivity contribution in [2.24, 2.45) is 0 Å². The highest BCUT2D eigenvalue weighted by Gasteiger charge is 2.10. The number of benzene rings is 3. The lowest BCUT2D eigenvalue weighted by Gasteiger charge is -2.11. The zero-order valence-corrected chi connectivity index (χ0v) is 16.9. The van der Waals surface area contributed by atoms with Gasteiger partial charge < -0.3 is 15.4 Å². The normalized spacial score (nSPS) is 10.3. The van der Waals surface area contributed by atoms with Gasteiger partial charge in [0.15, 0.2) is 6.61 Å². The SMILES string of the molecule is Cc1cc(OCC(=O)Nc2cccc(C(=O)Nc3ccccc3)c2)cc(C)c1Cl. The number of carbonyl (C=O) groups is 2. The van der Waals surface area contributed by atoms with Crippen molar-refractivity contribution in [3.63, 3.8) is 0 Å². The second kappa shape index (κ2) is 9.26. The Hall–Kier alpha value is -3.31. The molecular formula is C23H21ClN2O3. The minimum Gasteiger partial charge on any atom is -0.484 e. The third kappa shape index (κ3) is 5.59. The molecule has 0 spiro atoms. The van der Waals surface area contributed by atoms with Crippen molar-refractivity contribution in [3.8, 4) is 5.75 Å². The van der Waals surface area contributed by atoms with Gasteiger partial charge in [-0.05, 0) is 67.4 Å². The predicted octanol–water partition coefficient (Wildman–Crippen LogP) is 5.23. The lowest BCUT2D eigenvalue weighted by Crippen LogP contribution is -2.20. The number of amides is 2. The molecule has 0 aliphatic carbocycles. The zero-order chi connectivity index (χ0) is 20.8. The molecule has 0 aliphatic rings. The number of para-hydroxylation sites is 1. The Bertz CT molecular complexity index is 1010. The van der Waals surface area contributed by atoms with Crippen molar-refractivity contribution in [1.29, 1.82) is 0 Å². The van der Waals surface area contributed by atoms with E-state index in [4.69, 9.17) is 16.3 Å². The Kier molecular flexibility index (Phi) is 6.52. The van der Waals surface area contributed by atoms with E-state index in [-0.39, 0.29) is 18.4 Å². The number of hydrogen-bond donors (Lipinski definition) is 2. The van der Waals surface area contributed by atoms with Crippen LogP contribution in [0.5, 0.6) is 5.75 Å². The molecule has 148 valence electrons. The fraction of sp³-hybridized carbons (Fsp3) is 0.130. The van der Waals surface area contributed by atoms with E-state index in [0.29, 0.717) is 27.7 Å². The Morgan fingerprint density at radius 2 is 1.52 bits per heavy atom. The van der Waals surface area contributed by atoms with Crippen LogP contribution in [-0.2, 0) is 4.79 Å². The third-order valence-electron chi connectivity index (χ3n) is 4.22. The second-order valence-corrected chi connectivity index (χ2v) is 6.99. The van der Waals surface area contributed by atoms with Gasteiger partial charge in [0.25, 0.3) is 11.8 Å². The molecule has 0 aliphatic heterocycles. The molecule has 0 atom stereocenters. The van der Waals surface area contributed by atoms with Crippen LogP contribution < -0.4 is 15.4 Å². The van der Waals surface area contributed by atoms with Crippen LogP contribution in [0.3, 0.4) is 0 Å². The summed E-state index contributed by atoms with van der Waals surface area (Å²) in [6, 6.07) is 19.5. The van der Waals surface area contributed by atoms with Crippen LogP contribution in [0.4, 0.5) is 11.4 Å². The minimum absolute atomic E-state index is 0.152. The van der Waals surface area contributed by atoms with Crippen molar-refractivity contribution >= 4 is 34.8 Å². The molecule has 6 heteroatoms. The second-order valence-electron chi connectivity index (χ2n) is 6.61. The van der Waals surface area contributed by atoms with E-state index >= 15 is 0 Å². The number of carbonyl (C=O) groups excluding carboxylic acids is 2. The lowest BCUT2D eigenvalue weighted by molar-refractivity contribution is -0.118. The highest BCUT2D eigenvalue weighted by Crippen LogP contribution is 2.25. The highest BCUT2D eigenvalue weighted by molar-refractivity contribution is 6.32. The summed E-state index contributed by atoms with van der Waals surface area (Å²) in [5, 5.41) is 6.24. The molecule has 0 radical (unpaired) electrons. The average molecular weight is 409 g/mol. The van der Waals surface area contributed by atoms with Gasteiger partial charge in [0.2, 0.25) is 0 Å². The van der Waals surface area contributed by atoms with Crippen LogP contribution in [0.2, 0.25) is 5.02 Å². The standard InChI is InChI=1S/C23H21ClN2O3/c1-15-11-20(12-16(2)22(15)24)29-14-21(27)25-19-10-6-7-17(13-19)23(28)26-18-8-4-3-5-9-18/h3-13H,14H2,1-2H3,(H,25,27)(H,26,28). The first-order valence-electron chi connectivity index (χ1n) is 9.08. The van der Waals surface area contributed by atoms with Gasteiger partial charge in [-0.3, -0.25) is 9.59 Å². The molecule has 0 fully saturated rings. The summed E-state index contributed by atoms with van der Waals surface area (Å²) in [6.07, 6.45) is 0. The molecule has 3 aromatic rings. The van der Waals surface area contributed by atoms with Crippen molar-refractivity contribution in [2.75, 3.05) is 17.2 Å². The predicted molar refractivity (Wildman–Crippen MR) is 116 cm³/mol. The summed E-state index contributed by atoms with van der Waals surface area (Å²) in [6.45, 7) is 3.61. The van der Waals surface area contributed by atoms with Gasteiger partial charge in [-0.15, -0.1) is 0 Å². The zero-order valence-electron chi connectivity index (χ0n) is 16.2.